The van der Waals surface area contributed by atoms with Crippen LogP contribution in [0.4, 0.5) is 0 Å². The van der Waals surface area contributed by atoms with Crippen LogP contribution in [0.1, 0.15) is 43.2 Å². The maximum absolute atomic E-state index is 6.62. The first-order chi connectivity index (χ1) is 8.71. The van der Waals surface area contributed by atoms with Gasteiger partial charge < -0.3 is 15.2 Å². The Morgan fingerprint density at radius 3 is 2.50 bits per heavy atom. The van der Waals surface area contributed by atoms with Gasteiger partial charge in [-0.2, -0.15) is 0 Å². The number of hydrogen-bond acceptors (Lipinski definition) is 3. The maximum atomic E-state index is 6.62. The molecule has 1 fully saturated rings. The highest BCUT2D eigenvalue weighted by molar-refractivity contribution is 5.43. The summed E-state index contributed by atoms with van der Waals surface area (Å²) in [5.74, 6) is 0.879. The molecule has 0 atom stereocenters. The van der Waals surface area contributed by atoms with Crippen LogP contribution in [0, 0.1) is 0 Å². The lowest BCUT2D eigenvalue weighted by molar-refractivity contribution is 0.177. The van der Waals surface area contributed by atoms with Crippen molar-refractivity contribution in [2.24, 2.45) is 5.73 Å². The van der Waals surface area contributed by atoms with Crippen molar-refractivity contribution in [2.45, 2.75) is 44.2 Å². The van der Waals surface area contributed by atoms with Gasteiger partial charge in [0.1, 0.15) is 5.75 Å². The molecule has 0 aliphatic heterocycles. The van der Waals surface area contributed by atoms with Crippen LogP contribution in [-0.4, -0.2) is 14.2 Å². The van der Waals surface area contributed by atoms with Crippen molar-refractivity contribution in [2.75, 3.05) is 14.2 Å². The van der Waals surface area contributed by atoms with E-state index in [0.717, 1.165) is 24.2 Å². The Bertz CT molecular complexity index is 397. The fourth-order valence-corrected chi connectivity index (χ4v) is 2.97. The van der Waals surface area contributed by atoms with Crippen LogP contribution >= 0.6 is 0 Å². The molecule has 0 heterocycles. The number of rotatable bonds is 4. The molecule has 1 aromatic rings. The largest absolute Gasteiger partial charge is 0.496 e. The van der Waals surface area contributed by atoms with E-state index in [-0.39, 0.29) is 5.54 Å². The standard InChI is InChI=1S/C15H23NO2/c1-17-11-12-13(7-6-8-14(12)18-2)15(16)9-4-3-5-10-15/h6-8H,3-5,9-11,16H2,1-2H3. The Morgan fingerprint density at radius 2 is 1.89 bits per heavy atom. The highest BCUT2D eigenvalue weighted by Crippen LogP contribution is 2.39. The molecule has 3 nitrogen and oxygen atoms in total. The van der Waals surface area contributed by atoms with Crippen LogP contribution in [0.3, 0.4) is 0 Å². The van der Waals surface area contributed by atoms with Crippen molar-refractivity contribution in [3.63, 3.8) is 0 Å². The number of hydrogen-bond donors (Lipinski definition) is 1. The molecule has 1 aromatic carbocycles. The Labute approximate surface area is 109 Å². The van der Waals surface area contributed by atoms with Crippen molar-refractivity contribution in [3.05, 3.63) is 29.3 Å². The van der Waals surface area contributed by atoms with Gasteiger partial charge in [0.25, 0.3) is 0 Å². The highest BCUT2D eigenvalue weighted by Gasteiger charge is 2.32. The Balaban J connectivity index is 2.41. The molecule has 1 aliphatic rings. The molecule has 3 heteroatoms. The van der Waals surface area contributed by atoms with E-state index < -0.39 is 0 Å². The van der Waals surface area contributed by atoms with E-state index >= 15 is 0 Å². The Morgan fingerprint density at radius 1 is 1.17 bits per heavy atom. The molecular formula is C15H23NO2. The van der Waals surface area contributed by atoms with Crippen molar-refractivity contribution in [1.29, 1.82) is 0 Å². The summed E-state index contributed by atoms with van der Waals surface area (Å²) in [7, 11) is 3.41. The van der Waals surface area contributed by atoms with E-state index in [1.165, 1.54) is 24.8 Å². The third-order valence-electron chi connectivity index (χ3n) is 3.92. The van der Waals surface area contributed by atoms with E-state index in [0.29, 0.717) is 6.61 Å². The van der Waals surface area contributed by atoms with Crippen molar-refractivity contribution < 1.29 is 9.47 Å². The van der Waals surface area contributed by atoms with Crippen LogP contribution in [0.25, 0.3) is 0 Å². The summed E-state index contributed by atoms with van der Waals surface area (Å²) in [6, 6.07) is 6.13. The fourth-order valence-electron chi connectivity index (χ4n) is 2.97. The topological polar surface area (TPSA) is 44.5 Å². The molecule has 0 aromatic heterocycles. The lowest BCUT2D eigenvalue weighted by Crippen LogP contribution is -2.39. The first kappa shape index (κ1) is 13.4. The van der Waals surface area contributed by atoms with Crippen LogP contribution in [0.2, 0.25) is 0 Å². The summed E-state index contributed by atoms with van der Waals surface area (Å²) in [6.07, 6.45) is 5.82. The zero-order chi connectivity index (χ0) is 13.0. The quantitative estimate of drug-likeness (QED) is 0.892. The zero-order valence-corrected chi connectivity index (χ0v) is 11.4. The van der Waals surface area contributed by atoms with E-state index in [4.69, 9.17) is 15.2 Å². The second-order valence-electron chi connectivity index (χ2n) is 5.14. The molecule has 0 radical (unpaired) electrons. The average molecular weight is 249 g/mol. The van der Waals surface area contributed by atoms with Crippen molar-refractivity contribution in [3.8, 4) is 5.75 Å². The molecule has 1 aliphatic carbocycles. The van der Waals surface area contributed by atoms with Gasteiger partial charge in [0.15, 0.2) is 0 Å². The summed E-state index contributed by atoms with van der Waals surface area (Å²) in [6.45, 7) is 0.554. The number of nitrogens with two attached hydrogens (primary N) is 1. The van der Waals surface area contributed by atoms with Gasteiger partial charge in [-0.15, -0.1) is 0 Å². The number of ether oxygens (including phenoxy) is 2. The second-order valence-corrected chi connectivity index (χ2v) is 5.14. The normalized spacial score (nSPS) is 18.6. The summed E-state index contributed by atoms with van der Waals surface area (Å²) in [5, 5.41) is 0. The van der Waals surface area contributed by atoms with Gasteiger partial charge in [0, 0.05) is 18.2 Å². The SMILES string of the molecule is COCc1c(OC)cccc1C1(N)CCCCC1. The first-order valence-corrected chi connectivity index (χ1v) is 6.65. The van der Waals surface area contributed by atoms with Gasteiger partial charge in [-0.05, 0) is 24.5 Å². The Hall–Kier alpha value is -1.06. The van der Waals surface area contributed by atoms with Crippen molar-refractivity contribution >= 4 is 0 Å². The van der Waals surface area contributed by atoms with Gasteiger partial charge in [-0.3, -0.25) is 0 Å². The smallest absolute Gasteiger partial charge is 0.124 e. The minimum absolute atomic E-state index is 0.208. The molecule has 100 valence electrons. The highest BCUT2D eigenvalue weighted by atomic mass is 16.5. The third kappa shape index (κ3) is 2.52. The first-order valence-electron chi connectivity index (χ1n) is 6.65. The molecule has 18 heavy (non-hydrogen) atoms. The van der Waals surface area contributed by atoms with Gasteiger partial charge in [0.2, 0.25) is 0 Å². The predicted octanol–water partition coefficient (Wildman–Crippen LogP) is 2.96. The number of benzene rings is 1. The maximum Gasteiger partial charge on any atom is 0.124 e. The van der Waals surface area contributed by atoms with Crippen LogP contribution in [0.15, 0.2) is 18.2 Å². The molecular weight excluding hydrogens is 226 g/mol. The molecule has 0 amide bonds. The molecule has 1 saturated carbocycles. The predicted molar refractivity (Wildman–Crippen MR) is 72.7 cm³/mol. The minimum Gasteiger partial charge on any atom is -0.496 e. The van der Waals surface area contributed by atoms with Gasteiger partial charge in [-0.25, -0.2) is 0 Å². The summed E-state index contributed by atoms with van der Waals surface area (Å²) >= 11 is 0. The van der Waals surface area contributed by atoms with E-state index in [1.54, 1.807) is 14.2 Å². The van der Waals surface area contributed by atoms with Gasteiger partial charge >= 0.3 is 0 Å². The summed E-state index contributed by atoms with van der Waals surface area (Å²) in [4.78, 5) is 0. The molecule has 0 unspecified atom stereocenters. The molecule has 2 rings (SSSR count). The van der Waals surface area contributed by atoms with E-state index in [9.17, 15) is 0 Å². The molecule has 0 spiro atoms. The van der Waals surface area contributed by atoms with Gasteiger partial charge in [0.05, 0.1) is 13.7 Å². The lowest BCUT2D eigenvalue weighted by Gasteiger charge is -2.35. The second kappa shape index (κ2) is 5.72. The summed E-state index contributed by atoms with van der Waals surface area (Å²) < 4.78 is 10.8. The van der Waals surface area contributed by atoms with Crippen LogP contribution < -0.4 is 10.5 Å². The van der Waals surface area contributed by atoms with E-state index in [1.807, 2.05) is 12.1 Å². The van der Waals surface area contributed by atoms with Crippen LogP contribution in [-0.2, 0) is 16.9 Å². The number of methoxy groups -OCH3 is 2. The lowest BCUT2D eigenvalue weighted by atomic mass is 9.75. The van der Waals surface area contributed by atoms with Crippen molar-refractivity contribution in [1.82, 2.24) is 0 Å². The third-order valence-corrected chi connectivity index (χ3v) is 3.92. The Kier molecular flexibility index (Phi) is 4.25. The van der Waals surface area contributed by atoms with Gasteiger partial charge in [-0.1, -0.05) is 31.4 Å². The minimum atomic E-state index is -0.208. The average Bonchev–Trinajstić information content (AvgIpc) is 2.40. The monoisotopic (exact) mass is 249 g/mol. The fraction of sp³-hybridized carbons (Fsp3) is 0.600. The van der Waals surface area contributed by atoms with Crippen LogP contribution in [0.5, 0.6) is 5.75 Å². The molecule has 0 saturated heterocycles. The zero-order valence-electron chi connectivity index (χ0n) is 11.4. The summed E-state index contributed by atoms with van der Waals surface area (Å²) in [5.41, 5.74) is 8.72. The molecule has 2 N–H and O–H groups in total. The van der Waals surface area contributed by atoms with E-state index in [2.05, 4.69) is 6.07 Å². The molecule has 0 bridgehead atoms.